The molecule has 1 unspecified atom stereocenters. The Morgan fingerprint density at radius 3 is 3.10 bits per heavy atom. The van der Waals surface area contributed by atoms with Crippen molar-refractivity contribution in [1.82, 2.24) is 5.32 Å². The van der Waals surface area contributed by atoms with Gasteiger partial charge in [-0.2, -0.15) is 5.26 Å². The van der Waals surface area contributed by atoms with Crippen LogP contribution in [0.2, 0.25) is 0 Å². The lowest BCUT2D eigenvalue weighted by Crippen LogP contribution is -2.29. The van der Waals surface area contributed by atoms with Gasteiger partial charge in [0.25, 0.3) is 0 Å². The van der Waals surface area contributed by atoms with E-state index in [1.54, 1.807) is 17.4 Å². The Labute approximate surface area is 126 Å². The summed E-state index contributed by atoms with van der Waals surface area (Å²) in [6.45, 7) is 6.60. The summed E-state index contributed by atoms with van der Waals surface area (Å²) >= 11 is 3.16. The van der Waals surface area contributed by atoms with Gasteiger partial charge in [-0.3, -0.25) is 4.99 Å². The van der Waals surface area contributed by atoms with Gasteiger partial charge in [0.1, 0.15) is 11.6 Å². The van der Waals surface area contributed by atoms with Gasteiger partial charge in [-0.15, -0.1) is 17.9 Å². The van der Waals surface area contributed by atoms with Crippen LogP contribution in [0, 0.1) is 11.3 Å². The molecule has 0 spiro atoms. The molecule has 0 aliphatic carbocycles. The minimum atomic E-state index is -0.0636. The van der Waals surface area contributed by atoms with Crippen LogP contribution in [0.4, 0.5) is 0 Å². The summed E-state index contributed by atoms with van der Waals surface area (Å²) in [7, 11) is 0. The number of rotatable bonds is 5. The fraction of sp³-hybridized carbons (Fsp3) is 0.286. The van der Waals surface area contributed by atoms with Crippen LogP contribution < -0.4 is 5.32 Å². The second kappa shape index (κ2) is 7.17. The number of thiophene rings is 1. The molecule has 0 saturated heterocycles. The molecule has 20 heavy (non-hydrogen) atoms. The molecule has 2 rings (SSSR count). The van der Waals surface area contributed by atoms with E-state index in [1.165, 1.54) is 11.8 Å². The van der Waals surface area contributed by atoms with Crippen molar-refractivity contribution in [2.24, 2.45) is 4.99 Å². The molecule has 1 atom stereocenters. The molecular formula is C14H15N3OS2. The van der Waals surface area contributed by atoms with Crippen molar-refractivity contribution in [3.05, 3.63) is 46.5 Å². The third kappa shape index (κ3) is 3.24. The summed E-state index contributed by atoms with van der Waals surface area (Å²) in [5, 5.41) is 15.2. The molecule has 0 saturated carbocycles. The van der Waals surface area contributed by atoms with Crippen LogP contribution in [0.3, 0.4) is 0 Å². The Morgan fingerprint density at radius 1 is 1.65 bits per heavy atom. The van der Waals surface area contributed by atoms with Crippen molar-refractivity contribution in [2.75, 3.05) is 13.2 Å². The lowest BCUT2D eigenvalue weighted by molar-refractivity contribution is 0.213. The van der Waals surface area contributed by atoms with E-state index in [4.69, 9.17) is 4.74 Å². The normalized spacial score (nSPS) is 20.4. The van der Waals surface area contributed by atoms with Gasteiger partial charge in [-0.05, 0) is 18.4 Å². The monoisotopic (exact) mass is 305 g/mol. The average molecular weight is 305 g/mol. The van der Waals surface area contributed by atoms with E-state index in [1.807, 2.05) is 24.4 Å². The Hall–Kier alpha value is -1.71. The number of nitrogens with zero attached hydrogens (tertiary/aromatic N) is 2. The van der Waals surface area contributed by atoms with Crippen LogP contribution >= 0.6 is 23.1 Å². The van der Waals surface area contributed by atoms with Gasteiger partial charge in [0.2, 0.25) is 5.88 Å². The first-order chi connectivity index (χ1) is 9.80. The van der Waals surface area contributed by atoms with Gasteiger partial charge in [0.15, 0.2) is 5.17 Å². The zero-order valence-corrected chi connectivity index (χ0v) is 12.8. The van der Waals surface area contributed by atoms with E-state index in [0.717, 1.165) is 10.0 Å². The van der Waals surface area contributed by atoms with Crippen LogP contribution in [0.5, 0.6) is 0 Å². The number of hydrogen-bond acceptors (Lipinski definition) is 5. The molecule has 1 aliphatic heterocycles. The van der Waals surface area contributed by atoms with E-state index in [9.17, 15) is 5.26 Å². The highest BCUT2D eigenvalue weighted by molar-refractivity contribution is 8.14. The zero-order valence-electron chi connectivity index (χ0n) is 11.1. The molecule has 1 aliphatic rings. The molecule has 0 fully saturated rings. The fourth-order valence-corrected chi connectivity index (χ4v) is 3.74. The molecule has 0 bridgehead atoms. The predicted octanol–water partition coefficient (Wildman–Crippen LogP) is 3.44. The van der Waals surface area contributed by atoms with Crippen molar-refractivity contribution in [3.63, 3.8) is 0 Å². The second-order valence-electron chi connectivity index (χ2n) is 3.86. The van der Waals surface area contributed by atoms with Gasteiger partial charge >= 0.3 is 0 Å². The minimum Gasteiger partial charge on any atom is -0.478 e. The molecule has 1 aromatic heterocycles. The molecular weight excluding hydrogens is 290 g/mol. The third-order valence-corrected chi connectivity index (χ3v) is 4.80. The minimum absolute atomic E-state index is 0.0636. The highest BCUT2D eigenvalue weighted by Gasteiger charge is 2.30. The molecule has 104 valence electrons. The van der Waals surface area contributed by atoms with Gasteiger partial charge < -0.3 is 10.1 Å². The van der Waals surface area contributed by atoms with Crippen LogP contribution in [0.25, 0.3) is 0 Å². The molecule has 6 heteroatoms. The van der Waals surface area contributed by atoms with E-state index < -0.39 is 0 Å². The summed E-state index contributed by atoms with van der Waals surface area (Å²) in [4.78, 5) is 5.52. The number of thioether (sulfide) groups is 1. The van der Waals surface area contributed by atoms with Crippen molar-refractivity contribution >= 4 is 28.3 Å². The average Bonchev–Trinajstić information content (AvgIpc) is 2.99. The standard InChI is InChI=1S/C14H15N3OS2/c1-3-7-16-14-17-13(18-4-2)10(9-15)12(20-14)11-6-5-8-19-11/h3,5-6,8,12H,1,4,7H2,2H3,(H,16,17). The SMILES string of the molecule is C=CCN=C1NC(OCC)=C(C#N)C(c2cccs2)S1. The second-order valence-corrected chi connectivity index (χ2v) is 5.93. The van der Waals surface area contributed by atoms with Crippen molar-refractivity contribution in [2.45, 2.75) is 12.2 Å². The zero-order chi connectivity index (χ0) is 14.4. The van der Waals surface area contributed by atoms with Crippen molar-refractivity contribution < 1.29 is 4.74 Å². The number of hydrogen-bond donors (Lipinski definition) is 1. The van der Waals surface area contributed by atoms with Crippen molar-refractivity contribution in [3.8, 4) is 6.07 Å². The highest BCUT2D eigenvalue weighted by atomic mass is 32.2. The lowest BCUT2D eigenvalue weighted by atomic mass is 10.2. The third-order valence-electron chi connectivity index (χ3n) is 2.53. The maximum absolute atomic E-state index is 9.43. The first kappa shape index (κ1) is 14.7. The van der Waals surface area contributed by atoms with Crippen molar-refractivity contribution in [1.29, 1.82) is 5.26 Å². The maximum atomic E-state index is 9.43. The summed E-state index contributed by atoms with van der Waals surface area (Å²) < 4.78 is 5.56. The Balaban J connectivity index is 2.38. The molecule has 1 aromatic rings. The number of amidine groups is 1. The first-order valence-electron chi connectivity index (χ1n) is 6.19. The van der Waals surface area contributed by atoms with Gasteiger partial charge in [0, 0.05) is 4.88 Å². The number of nitrogens with one attached hydrogen (secondary N) is 1. The number of nitriles is 1. The summed E-state index contributed by atoms with van der Waals surface area (Å²) in [5.41, 5.74) is 0.608. The van der Waals surface area contributed by atoms with E-state index in [2.05, 4.69) is 23.0 Å². The summed E-state index contributed by atoms with van der Waals surface area (Å²) in [5.74, 6) is 0.509. The van der Waals surface area contributed by atoms with Crippen LogP contribution in [-0.4, -0.2) is 18.3 Å². The number of aliphatic imine (C=N–C) groups is 1. The molecule has 0 aromatic carbocycles. The molecule has 0 radical (unpaired) electrons. The highest BCUT2D eigenvalue weighted by Crippen LogP contribution is 2.42. The van der Waals surface area contributed by atoms with E-state index >= 15 is 0 Å². The Kier molecular flexibility index (Phi) is 5.27. The smallest absolute Gasteiger partial charge is 0.208 e. The lowest BCUT2D eigenvalue weighted by Gasteiger charge is -2.25. The van der Waals surface area contributed by atoms with Gasteiger partial charge in [-0.1, -0.05) is 23.9 Å². The largest absolute Gasteiger partial charge is 0.478 e. The Morgan fingerprint density at radius 2 is 2.50 bits per heavy atom. The van der Waals surface area contributed by atoms with Gasteiger partial charge in [0.05, 0.1) is 18.4 Å². The van der Waals surface area contributed by atoms with E-state index in [0.29, 0.717) is 24.6 Å². The maximum Gasteiger partial charge on any atom is 0.208 e. The van der Waals surface area contributed by atoms with Crippen LogP contribution in [0.1, 0.15) is 17.1 Å². The predicted molar refractivity (Wildman–Crippen MR) is 84.6 cm³/mol. The quantitative estimate of drug-likeness (QED) is 0.847. The topological polar surface area (TPSA) is 57.4 Å². The fourth-order valence-electron chi connectivity index (χ4n) is 1.72. The summed E-state index contributed by atoms with van der Waals surface area (Å²) in [6.07, 6.45) is 1.74. The molecule has 2 heterocycles. The Bertz CT molecular complexity index is 570. The molecule has 0 amide bonds. The molecule has 1 N–H and O–H groups in total. The first-order valence-corrected chi connectivity index (χ1v) is 7.95. The van der Waals surface area contributed by atoms with Gasteiger partial charge in [-0.25, -0.2) is 0 Å². The van der Waals surface area contributed by atoms with Crippen LogP contribution in [0.15, 0.2) is 46.6 Å². The summed E-state index contributed by atoms with van der Waals surface area (Å²) in [6, 6.07) is 6.27. The number of ether oxygens (including phenoxy) is 1. The van der Waals surface area contributed by atoms with E-state index in [-0.39, 0.29) is 5.25 Å². The van der Waals surface area contributed by atoms with Crippen LogP contribution in [-0.2, 0) is 4.74 Å². The molecule has 4 nitrogen and oxygen atoms in total.